The van der Waals surface area contributed by atoms with Crippen molar-refractivity contribution in [2.24, 2.45) is 0 Å². The minimum Gasteiger partial charge on any atom is -0.493 e. The summed E-state index contributed by atoms with van der Waals surface area (Å²) in [7, 11) is 3.17. The maximum absolute atomic E-state index is 11.6. The molecule has 0 aromatic heterocycles. The van der Waals surface area contributed by atoms with E-state index in [4.69, 9.17) is 21.1 Å². The van der Waals surface area contributed by atoms with Crippen molar-refractivity contribution in [1.82, 2.24) is 10.2 Å². The summed E-state index contributed by atoms with van der Waals surface area (Å²) in [5, 5.41) is 3.01. The first-order valence-electron chi connectivity index (χ1n) is 7.81. The number of hydrogen-bond acceptors (Lipinski definition) is 5. The minimum absolute atomic E-state index is 0.127. The van der Waals surface area contributed by atoms with Crippen LogP contribution in [0.15, 0.2) is 18.2 Å². The number of carbonyl (C=O) groups is 3. The second kappa shape index (κ2) is 10.6. The second-order valence-corrected chi connectivity index (χ2v) is 6.02. The number of amides is 2. The molecule has 2 amide bonds. The number of nitrogens with one attached hydrogen (secondary N) is 1. The van der Waals surface area contributed by atoms with Gasteiger partial charge in [-0.1, -0.05) is 11.6 Å². The third-order valence-corrected chi connectivity index (χ3v) is 3.45. The summed E-state index contributed by atoms with van der Waals surface area (Å²) in [5.74, 6) is -0.542. The number of esters is 1. The number of nitrogens with zero attached hydrogens (tertiary/aromatic N) is 1. The van der Waals surface area contributed by atoms with Crippen LogP contribution in [-0.2, 0) is 19.1 Å². The Morgan fingerprint density at radius 3 is 2.60 bits per heavy atom. The average molecular weight is 371 g/mol. The van der Waals surface area contributed by atoms with Crippen LogP contribution in [0.4, 0.5) is 0 Å². The third-order valence-electron chi connectivity index (χ3n) is 3.22. The van der Waals surface area contributed by atoms with Gasteiger partial charge in [0, 0.05) is 25.5 Å². The predicted octanol–water partition coefficient (Wildman–Crippen LogP) is 1.56. The molecule has 0 aliphatic carbocycles. The summed E-state index contributed by atoms with van der Waals surface area (Å²) in [4.78, 5) is 35.7. The molecule has 1 aromatic rings. The zero-order valence-electron chi connectivity index (χ0n) is 14.6. The largest absolute Gasteiger partial charge is 0.493 e. The van der Waals surface area contributed by atoms with Gasteiger partial charge in [-0.05, 0) is 37.1 Å². The normalized spacial score (nSPS) is 10.1. The highest BCUT2D eigenvalue weighted by atomic mass is 35.5. The molecule has 0 saturated carbocycles. The summed E-state index contributed by atoms with van der Waals surface area (Å²) in [6.07, 6.45) is 0.595. The maximum atomic E-state index is 11.6. The number of likely N-dealkylation sites (N-methyl/N-ethyl adjacent to an activating group) is 1. The maximum Gasteiger partial charge on any atom is 0.306 e. The van der Waals surface area contributed by atoms with Crippen molar-refractivity contribution in [2.75, 3.05) is 33.9 Å². The van der Waals surface area contributed by atoms with Gasteiger partial charge in [0.25, 0.3) is 5.91 Å². The Morgan fingerprint density at radius 1 is 1.24 bits per heavy atom. The molecular weight excluding hydrogens is 348 g/mol. The molecule has 8 heteroatoms. The monoisotopic (exact) mass is 370 g/mol. The Labute approximate surface area is 152 Å². The van der Waals surface area contributed by atoms with Crippen molar-refractivity contribution in [1.29, 1.82) is 0 Å². The van der Waals surface area contributed by atoms with Gasteiger partial charge < -0.3 is 19.7 Å². The molecule has 0 saturated heterocycles. The zero-order valence-corrected chi connectivity index (χ0v) is 15.4. The molecule has 0 aliphatic heterocycles. The molecule has 1 N–H and O–H groups in total. The lowest BCUT2D eigenvalue weighted by molar-refractivity contribution is -0.148. The predicted molar refractivity (Wildman–Crippen MR) is 93.6 cm³/mol. The van der Waals surface area contributed by atoms with Crippen LogP contribution in [0.5, 0.6) is 5.75 Å². The van der Waals surface area contributed by atoms with E-state index in [1.54, 1.807) is 32.3 Å². The van der Waals surface area contributed by atoms with E-state index >= 15 is 0 Å². The summed E-state index contributed by atoms with van der Waals surface area (Å²) >= 11 is 5.86. The van der Waals surface area contributed by atoms with Gasteiger partial charge in [-0.3, -0.25) is 14.4 Å². The van der Waals surface area contributed by atoms with Crippen molar-refractivity contribution >= 4 is 29.4 Å². The Balaban J connectivity index is 2.16. The van der Waals surface area contributed by atoms with E-state index in [-0.39, 0.29) is 18.9 Å². The third kappa shape index (κ3) is 8.39. The standard InChI is InChI=1S/C17H23ClN2O5/c1-12-9-13(18)6-7-14(12)24-8-4-5-17(23)25-11-15(21)19-10-16(22)20(2)3/h6-7,9H,4-5,8,10-11H2,1-3H3,(H,19,21). The molecule has 0 spiro atoms. The first-order chi connectivity index (χ1) is 11.8. The van der Waals surface area contributed by atoms with Crippen LogP contribution in [0.2, 0.25) is 5.02 Å². The smallest absolute Gasteiger partial charge is 0.306 e. The number of aryl methyl sites for hydroxylation is 1. The van der Waals surface area contributed by atoms with Gasteiger partial charge in [-0.25, -0.2) is 0 Å². The van der Waals surface area contributed by atoms with Crippen molar-refractivity contribution < 1.29 is 23.9 Å². The van der Waals surface area contributed by atoms with Crippen LogP contribution in [-0.4, -0.2) is 56.5 Å². The Morgan fingerprint density at radius 2 is 1.96 bits per heavy atom. The van der Waals surface area contributed by atoms with Crippen molar-refractivity contribution in [3.63, 3.8) is 0 Å². The van der Waals surface area contributed by atoms with E-state index in [0.717, 1.165) is 5.56 Å². The van der Waals surface area contributed by atoms with Gasteiger partial charge in [0.2, 0.25) is 5.91 Å². The first kappa shape index (κ1) is 20.8. The topological polar surface area (TPSA) is 84.9 Å². The Hall–Kier alpha value is -2.28. The highest BCUT2D eigenvalue weighted by Gasteiger charge is 2.10. The Bertz CT molecular complexity index is 619. The average Bonchev–Trinajstić information content (AvgIpc) is 2.56. The van der Waals surface area contributed by atoms with E-state index in [9.17, 15) is 14.4 Å². The number of rotatable bonds is 9. The fourth-order valence-corrected chi connectivity index (χ4v) is 2.00. The summed E-state index contributed by atoms with van der Waals surface area (Å²) in [6.45, 7) is 1.70. The molecule has 7 nitrogen and oxygen atoms in total. The molecule has 1 aromatic carbocycles. The molecule has 0 radical (unpaired) electrons. The van der Waals surface area contributed by atoms with E-state index in [1.807, 2.05) is 6.92 Å². The molecule has 25 heavy (non-hydrogen) atoms. The van der Waals surface area contributed by atoms with E-state index in [1.165, 1.54) is 4.90 Å². The van der Waals surface area contributed by atoms with Crippen LogP contribution >= 0.6 is 11.6 Å². The molecule has 0 atom stereocenters. The molecule has 0 heterocycles. The van der Waals surface area contributed by atoms with Crippen LogP contribution in [0, 0.1) is 6.92 Å². The number of benzene rings is 1. The van der Waals surface area contributed by atoms with Crippen molar-refractivity contribution in [2.45, 2.75) is 19.8 Å². The summed E-state index contributed by atoms with van der Waals surface area (Å²) in [6, 6.07) is 5.30. The van der Waals surface area contributed by atoms with Gasteiger partial charge in [0.05, 0.1) is 13.2 Å². The van der Waals surface area contributed by atoms with Crippen molar-refractivity contribution in [3.05, 3.63) is 28.8 Å². The quantitative estimate of drug-likeness (QED) is 0.526. The SMILES string of the molecule is Cc1cc(Cl)ccc1OCCCC(=O)OCC(=O)NCC(=O)N(C)C. The van der Waals surface area contributed by atoms with E-state index < -0.39 is 18.5 Å². The molecule has 0 aliphatic rings. The second-order valence-electron chi connectivity index (χ2n) is 5.59. The highest BCUT2D eigenvalue weighted by molar-refractivity contribution is 6.30. The lowest BCUT2D eigenvalue weighted by Gasteiger charge is -2.11. The van der Waals surface area contributed by atoms with Gasteiger partial charge in [-0.2, -0.15) is 0 Å². The van der Waals surface area contributed by atoms with Crippen LogP contribution in [0.3, 0.4) is 0 Å². The number of carbonyl (C=O) groups excluding carboxylic acids is 3. The number of hydrogen-bond donors (Lipinski definition) is 1. The van der Waals surface area contributed by atoms with Gasteiger partial charge in [-0.15, -0.1) is 0 Å². The van der Waals surface area contributed by atoms with Gasteiger partial charge in [0.1, 0.15) is 5.75 Å². The number of ether oxygens (including phenoxy) is 2. The van der Waals surface area contributed by atoms with Crippen LogP contribution in [0.1, 0.15) is 18.4 Å². The molecule has 138 valence electrons. The fourth-order valence-electron chi connectivity index (χ4n) is 1.77. The minimum atomic E-state index is -0.517. The van der Waals surface area contributed by atoms with Crippen molar-refractivity contribution in [3.8, 4) is 5.75 Å². The van der Waals surface area contributed by atoms with Gasteiger partial charge in [0.15, 0.2) is 6.61 Å². The molecule has 0 fully saturated rings. The lowest BCUT2D eigenvalue weighted by atomic mass is 10.2. The fraction of sp³-hybridized carbons (Fsp3) is 0.471. The molecule has 1 rings (SSSR count). The summed E-state index contributed by atoms with van der Waals surface area (Å²) in [5.41, 5.74) is 0.916. The first-order valence-corrected chi connectivity index (χ1v) is 8.19. The molecule has 0 unspecified atom stereocenters. The van der Waals surface area contributed by atoms with Crippen LogP contribution < -0.4 is 10.1 Å². The Kier molecular flexibility index (Phi) is 8.77. The summed E-state index contributed by atoms with van der Waals surface area (Å²) < 4.78 is 10.4. The van der Waals surface area contributed by atoms with Gasteiger partial charge >= 0.3 is 5.97 Å². The zero-order chi connectivity index (χ0) is 18.8. The van der Waals surface area contributed by atoms with E-state index in [0.29, 0.717) is 23.8 Å². The van der Waals surface area contributed by atoms with E-state index in [2.05, 4.69) is 5.32 Å². The highest BCUT2D eigenvalue weighted by Crippen LogP contribution is 2.21. The molecular formula is C17H23ClN2O5. The molecule has 0 bridgehead atoms. The number of halogens is 1. The lowest BCUT2D eigenvalue weighted by Crippen LogP contribution is -2.38. The van der Waals surface area contributed by atoms with Crippen LogP contribution in [0.25, 0.3) is 0 Å².